The lowest BCUT2D eigenvalue weighted by atomic mass is 9.96. The maximum Gasteiger partial charge on any atom is 0.586 e. The van der Waals surface area contributed by atoms with Crippen molar-refractivity contribution < 1.29 is 65.1 Å². The normalized spacial score (nSPS) is 16.7. The average molecular weight is 645 g/mol. The van der Waals surface area contributed by atoms with E-state index in [1.807, 2.05) is 0 Å². The Labute approximate surface area is 257 Å². The van der Waals surface area contributed by atoms with Crippen LogP contribution in [-0.4, -0.2) is 62.8 Å². The number of alkyl halides is 4. The van der Waals surface area contributed by atoms with E-state index in [1.165, 1.54) is 6.08 Å². The predicted molar refractivity (Wildman–Crippen MR) is 150 cm³/mol. The summed E-state index contributed by atoms with van der Waals surface area (Å²) in [5, 5.41) is 0. The number of rotatable bonds is 19. The van der Waals surface area contributed by atoms with Crippen molar-refractivity contribution >= 4 is 17.9 Å². The molecular weight excluding hydrogens is 608 g/mol. The van der Waals surface area contributed by atoms with Crippen LogP contribution < -0.4 is 14.2 Å². The van der Waals surface area contributed by atoms with E-state index in [0.29, 0.717) is 32.5 Å². The molecule has 1 aromatic rings. The van der Waals surface area contributed by atoms with Crippen LogP contribution >= 0.6 is 0 Å². The van der Waals surface area contributed by atoms with Crippen molar-refractivity contribution in [1.82, 2.24) is 0 Å². The standard InChI is InChI=1S/C31H36F4O10/c1-3-25(36)40-18-8-6-5-7-17-39-22-13-11-21(12-14-22)30(32,33)43-24-16-15-23(27-28(24)45-31(34,35)44-27)29(38)42-20-10-9-19-41-26(37)4-2/h3-4,11,15-16,22H,1-2,5-10,12-14,17-20H2. The summed E-state index contributed by atoms with van der Waals surface area (Å²) in [6.45, 7) is 7.27. The molecule has 1 aliphatic carbocycles. The van der Waals surface area contributed by atoms with Crippen molar-refractivity contribution in [2.45, 2.75) is 76.3 Å². The third kappa shape index (κ3) is 11.1. The number of halogens is 4. The van der Waals surface area contributed by atoms with Crippen LogP contribution in [0.2, 0.25) is 0 Å². The number of fused-ring (bicyclic) bond motifs is 1. The van der Waals surface area contributed by atoms with Crippen LogP contribution in [0.15, 0.2) is 49.1 Å². The first-order valence-electron chi connectivity index (χ1n) is 14.5. The Kier molecular flexibility index (Phi) is 13.3. The topological polar surface area (TPSA) is 116 Å². The summed E-state index contributed by atoms with van der Waals surface area (Å²) in [5.74, 6) is -4.51. The van der Waals surface area contributed by atoms with Crippen LogP contribution in [0.4, 0.5) is 17.6 Å². The van der Waals surface area contributed by atoms with Gasteiger partial charge < -0.3 is 33.2 Å². The van der Waals surface area contributed by atoms with Crippen molar-refractivity contribution in [3.05, 3.63) is 54.7 Å². The van der Waals surface area contributed by atoms with E-state index in [4.69, 9.17) is 23.7 Å². The van der Waals surface area contributed by atoms with Crippen LogP contribution in [0.1, 0.15) is 68.1 Å². The number of hydrogen-bond acceptors (Lipinski definition) is 10. The summed E-state index contributed by atoms with van der Waals surface area (Å²) in [7, 11) is 0. The third-order valence-corrected chi connectivity index (χ3v) is 6.70. The zero-order valence-corrected chi connectivity index (χ0v) is 24.7. The van der Waals surface area contributed by atoms with Gasteiger partial charge >= 0.3 is 30.3 Å². The molecule has 1 heterocycles. The predicted octanol–water partition coefficient (Wildman–Crippen LogP) is 6.43. The molecule has 0 bridgehead atoms. The van der Waals surface area contributed by atoms with Crippen LogP contribution in [0.3, 0.4) is 0 Å². The first-order valence-corrected chi connectivity index (χ1v) is 14.5. The molecule has 0 aromatic heterocycles. The molecule has 1 unspecified atom stereocenters. The Morgan fingerprint density at radius 2 is 1.44 bits per heavy atom. The largest absolute Gasteiger partial charge is 0.586 e. The number of hydrogen-bond donors (Lipinski definition) is 0. The van der Waals surface area contributed by atoms with Gasteiger partial charge in [-0.05, 0) is 63.5 Å². The number of carbonyl (C=O) groups excluding carboxylic acids is 3. The molecule has 3 rings (SSSR count). The van der Waals surface area contributed by atoms with Gasteiger partial charge in [-0.1, -0.05) is 25.7 Å². The average Bonchev–Trinajstić information content (AvgIpc) is 3.35. The fourth-order valence-corrected chi connectivity index (χ4v) is 4.39. The highest BCUT2D eigenvalue weighted by Gasteiger charge is 2.49. The lowest BCUT2D eigenvalue weighted by molar-refractivity contribution is -0.287. The van der Waals surface area contributed by atoms with Crippen LogP contribution in [0, 0.1) is 0 Å². The van der Waals surface area contributed by atoms with E-state index in [0.717, 1.165) is 43.5 Å². The smallest absolute Gasteiger partial charge is 0.463 e. The van der Waals surface area contributed by atoms with Crippen molar-refractivity contribution in [3.8, 4) is 17.2 Å². The number of benzene rings is 1. The van der Waals surface area contributed by atoms with Crippen molar-refractivity contribution in [1.29, 1.82) is 0 Å². The highest BCUT2D eigenvalue weighted by Crippen LogP contribution is 2.51. The van der Waals surface area contributed by atoms with Gasteiger partial charge in [0.25, 0.3) is 0 Å². The van der Waals surface area contributed by atoms with Gasteiger partial charge in [-0.2, -0.15) is 8.78 Å². The van der Waals surface area contributed by atoms with Gasteiger partial charge in [0.05, 0.1) is 25.9 Å². The number of carbonyl (C=O) groups is 3. The van der Waals surface area contributed by atoms with Gasteiger partial charge in [-0.25, -0.2) is 14.4 Å². The minimum atomic E-state index is -4.23. The van der Waals surface area contributed by atoms with Gasteiger partial charge in [-0.15, -0.1) is 8.78 Å². The van der Waals surface area contributed by atoms with E-state index in [9.17, 15) is 23.2 Å². The highest BCUT2D eigenvalue weighted by molar-refractivity contribution is 5.94. The summed E-state index contributed by atoms with van der Waals surface area (Å²) < 4.78 is 92.5. The molecule has 0 fully saturated rings. The van der Waals surface area contributed by atoms with E-state index in [1.54, 1.807) is 0 Å². The van der Waals surface area contributed by atoms with E-state index in [2.05, 4.69) is 22.6 Å². The minimum absolute atomic E-state index is 0.0563. The van der Waals surface area contributed by atoms with Crippen molar-refractivity contribution in [2.75, 3.05) is 26.4 Å². The molecule has 2 aliphatic rings. The molecule has 0 radical (unpaired) electrons. The van der Waals surface area contributed by atoms with Gasteiger partial charge in [0.2, 0.25) is 5.75 Å². The van der Waals surface area contributed by atoms with E-state index >= 15 is 8.78 Å². The molecule has 248 valence electrons. The van der Waals surface area contributed by atoms with Gasteiger partial charge in [0.1, 0.15) is 5.56 Å². The van der Waals surface area contributed by atoms with Gasteiger partial charge in [-0.3, -0.25) is 0 Å². The molecule has 0 saturated heterocycles. The first-order chi connectivity index (χ1) is 21.5. The first kappa shape index (κ1) is 35.4. The van der Waals surface area contributed by atoms with Gasteiger partial charge in [0.15, 0.2) is 11.5 Å². The fourth-order valence-electron chi connectivity index (χ4n) is 4.39. The minimum Gasteiger partial charge on any atom is -0.463 e. The molecule has 14 heteroatoms. The van der Waals surface area contributed by atoms with Crippen molar-refractivity contribution in [2.24, 2.45) is 0 Å². The maximum absolute atomic E-state index is 15.1. The molecule has 10 nitrogen and oxygen atoms in total. The number of unbranched alkanes of at least 4 members (excludes halogenated alkanes) is 4. The monoisotopic (exact) mass is 644 g/mol. The third-order valence-electron chi connectivity index (χ3n) is 6.70. The Bertz CT molecular complexity index is 1250. The van der Waals surface area contributed by atoms with Crippen LogP contribution in [0.5, 0.6) is 17.2 Å². The molecule has 1 atom stereocenters. The molecule has 1 aromatic carbocycles. The maximum atomic E-state index is 15.1. The summed E-state index contributed by atoms with van der Waals surface area (Å²) >= 11 is 0. The second-order valence-corrected chi connectivity index (χ2v) is 10.1. The second-order valence-electron chi connectivity index (χ2n) is 10.1. The Balaban J connectivity index is 1.50. The number of ether oxygens (including phenoxy) is 7. The Morgan fingerprint density at radius 1 is 0.867 bits per heavy atom. The quantitative estimate of drug-likeness (QED) is 0.0417. The van der Waals surface area contributed by atoms with Crippen LogP contribution in [-0.2, 0) is 28.5 Å². The summed E-state index contributed by atoms with van der Waals surface area (Å²) in [6, 6.07) is 1.87. The summed E-state index contributed by atoms with van der Waals surface area (Å²) in [6.07, 6.45) is -0.673. The van der Waals surface area contributed by atoms with Gasteiger partial charge in [0, 0.05) is 24.3 Å². The lowest BCUT2D eigenvalue weighted by Gasteiger charge is -2.27. The molecule has 0 N–H and O–H groups in total. The highest BCUT2D eigenvalue weighted by atomic mass is 19.3. The molecule has 1 aliphatic heterocycles. The summed E-state index contributed by atoms with van der Waals surface area (Å²) in [4.78, 5) is 34.5. The number of esters is 3. The Hall–Kier alpha value is -4.07. The molecular formula is C31H36F4O10. The zero-order chi connectivity index (χ0) is 32.9. The van der Waals surface area contributed by atoms with Crippen LogP contribution in [0.25, 0.3) is 0 Å². The SMILES string of the molecule is C=CC(=O)OCCCCCCOC1CC=C(C(F)(F)Oc2ccc(C(=O)OCCCCOC(=O)C=C)c3c2OC(F)(F)O3)CC1. The molecule has 45 heavy (non-hydrogen) atoms. The van der Waals surface area contributed by atoms with E-state index in [-0.39, 0.29) is 44.2 Å². The van der Waals surface area contributed by atoms with E-state index < -0.39 is 53.1 Å². The lowest BCUT2D eigenvalue weighted by Crippen LogP contribution is -2.31. The Morgan fingerprint density at radius 3 is 2.04 bits per heavy atom. The molecule has 0 spiro atoms. The zero-order valence-electron chi connectivity index (χ0n) is 24.7. The molecule has 0 amide bonds. The van der Waals surface area contributed by atoms with Crippen molar-refractivity contribution in [3.63, 3.8) is 0 Å². The second kappa shape index (κ2) is 16.8. The fraction of sp³-hybridized carbons (Fsp3) is 0.516. The molecule has 0 saturated carbocycles. The summed E-state index contributed by atoms with van der Waals surface area (Å²) in [5.41, 5.74) is -0.818.